The van der Waals surface area contributed by atoms with Crippen LogP contribution in [0.2, 0.25) is 5.02 Å². The Morgan fingerprint density at radius 1 is 1.50 bits per heavy atom. The maximum Gasteiger partial charge on any atom is 0.0762 e. The number of anilines is 1. The number of methoxy groups -OCH3 is 1. The van der Waals surface area contributed by atoms with Gasteiger partial charge < -0.3 is 14.7 Å². The molecule has 1 aromatic carbocycles. The SMILES string of the molecule is COCCN(C)c1ccc([C@H](C)O)cc1Cl. The van der Waals surface area contributed by atoms with Gasteiger partial charge in [-0.2, -0.15) is 0 Å². The molecule has 90 valence electrons. The number of aliphatic hydroxyl groups excluding tert-OH is 1. The first-order chi connectivity index (χ1) is 7.56. The average Bonchev–Trinajstić information content (AvgIpc) is 2.25. The molecule has 3 nitrogen and oxygen atoms in total. The second-order valence-electron chi connectivity index (χ2n) is 3.80. The normalized spacial score (nSPS) is 12.6. The number of nitrogens with zero attached hydrogens (tertiary/aromatic N) is 1. The lowest BCUT2D eigenvalue weighted by atomic mass is 10.1. The van der Waals surface area contributed by atoms with E-state index in [0.29, 0.717) is 11.6 Å². The van der Waals surface area contributed by atoms with Crippen molar-refractivity contribution in [3.63, 3.8) is 0 Å². The van der Waals surface area contributed by atoms with E-state index in [9.17, 15) is 5.11 Å². The lowest BCUT2D eigenvalue weighted by Gasteiger charge is -2.21. The fourth-order valence-corrected chi connectivity index (χ4v) is 1.77. The van der Waals surface area contributed by atoms with Gasteiger partial charge in [-0.15, -0.1) is 0 Å². The van der Waals surface area contributed by atoms with Crippen LogP contribution in [0.1, 0.15) is 18.6 Å². The Morgan fingerprint density at radius 2 is 2.19 bits per heavy atom. The van der Waals surface area contributed by atoms with Gasteiger partial charge in [0, 0.05) is 20.7 Å². The summed E-state index contributed by atoms with van der Waals surface area (Å²) in [5.41, 5.74) is 1.78. The van der Waals surface area contributed by atoms with Gasteiger partial charge in [-0.1, -0.05) is 17.7 Å². The van der Waals surface area contributed by atoms with E-state index in [1.807, 2.05) is 24.1 Å². The predicted octanol–water partition coefficient (Wildman–Crippen LogP) is 2.48. The van der Waals surface area contributed by atoms with Gasteiger partial charge in [0.05, 0.1) is 23.4 Å². The molecule has 0 unspecified atom stereocenters. The summed E-state index contributed by atoms with van der Waals surface area (Å²) in [7, 11) is 3.63. The number of hydrogen-bond acceptors (Lipinski definition) is 3. The molecule has 0 radical (unpaired) electrons. The van der Waals surface area contributed by atoms with Crippen LogP contribution in [0.25, 0.3) is 0 Å². The standard InChI is InChI=1S/C12H18ClNO2/c1-9(15)10-4-5-12(11(13)8-10)14(2)6-7-16-3/h4-5,8-9,15H,6-7H2,1-3H3/t9-/m0/s1. The van der Waals surface area contributed by atoms with Crippen LogP contribution in [-0.2, 0) is 4.74 Å². The maximum absolute atomic E-state index is 9.43. The van der Waals surface area contributed by atoms with Gasteiger partial charge in [-0.25, -0.2) is 0 Å². The number of hydrogen-bond donors (Lipinski definition) is 1. The van der Waals surface area contributed by atoms with Gasteiger partial charge >= 0.3 is 0 Å². The molecular formula is C12H18ClNO2. The zero-order chi connectivity index (χ0) is 12.1. The number of rotatable bonds is 5. The molecular weight excluding hydrogens is 226 g/mol. The highest BCUT2D eigenvalue weighted by Gasteiger charge is 2.08. The predicted molar refractivity (Wildman–Crippen MR) is 67.2 cm³/mol. The lowest BCUT2D eigenvalue weighted by molar-refractivity contribution is 0.199. The molecule has 0 aliphatic rings. The molecule has 4 heteroatoms. The fourth-order valence-electron chi connectivity index (χ4n) is 1.44. The summed E-state index contributed by atoms with van der Waals surface area (Å²) in [4.78, 5) is 2.03. The Morgan fingerprint density at radius 3 is 2.69 bits per heavy atom. The summed E-state index contributed by atoms with van der Waals surface area (Å²) >= 11 is 6.15. The molecule has 0 saturated carbocycles. The first-order valence-corrected chi connectivity index (χ1v) is 5.61. The maximum atomic E-state index is 9.43. The highest BCUT2D eigenvalue weighted by atomic mass is 35.5. The summed E-state index contributed by atoms with van der Waals surface area (Å²) in [6.07, 6.45) is -0.490. The molecule has 1 N–H and O–H groups in total. The van der Waals surface area contributed by atoms with E-state index in [1.54, 1.807) is 20.1 Å². The van der Waals surface area contributed by atoms with Crippen molar-refractivity contribution in [2.24, 2.45) is 0 Å². The topological polar surface area (TPSA) is 32.7 Å². The third-order valence-electron chi connectivity index (χ3n) is 2.50. The number of likely N-dealkylation sites (N-methyl/N-ethyl adjacent to an activating group) is 1. The molecule has 0 aliphatic heterocycles. The van der Waals surface area contributed by atoms with Crippen LogP contribution in [0.15, 0.2) is 18.2 Å². The van der Waals surface area contributed by atoms with Crippen LogP contribution < -0.4 is 4.90 Å². The molecule has 0 spiro atoms. The highest BCUT2D eigenvalue weighted by Crippen LogP contribution is 2.28. The average molecular weight is 244 g/mol. The third-order valence-corrected chi connectivity index (χ3v) is 2.80. The second-order valence-corrected chi connectivity index (χ2v) is 4.21. The van der Waals surface area contributed by atoms with E-state index in [1.165, 1.54) is 0 Å². The monoisotopic (exact) mass is 243 g/mol. The van der Waals surface area contributed by atoms with Crippen molar-refractivity contribution in [3.8, 4) is 0 Å². The fraction of sp³-hybridized carbons (Fsp3) is 0.500. The minimum Gasteiger partial charge on any atom is -0.389 e. The molecule has 0 saturated heterocycles. The van der Waals surface area contributed by atoms with E-state index < -0.39 is 6.10 Å². The summed E-state index contributed by atoms with van der Waals surface area (Å²) in [6, 6.07) is 5.60. The molecule has 0 heterocycles. The molecule has 0 bridgehead atoms. The largest absolute Gasteiger partial charge is 0.389 e. The minimum absolute atomic E-state index is 0.490. The molecule has 0 amide bonds. The van der Waals surface area contributed by atoms with Crippen molar-refractivity contribution in [2.45, 2.75) is 13.0 Å². The molecule has 1 rings (SSSR count). The van der Waals surface area contributed by atoms with Gasteiger partial charge in [0.1, 0.15) is 0 Å². The van der Waals surface area contributed by atoms with Crippen LogP contribution >= 0.6 is 11.6 Å². The minimum atomic E-state index is -0.490. The van der Waals surface area contributed by atoms with Gasteiger partial charge in [0.25, 0.3) is 0 Å². The zero-order valence-corrected chi connectivity index (χ0v) is 10.7. The molecule has 1 aromatic rings. The molecule has 0 aromatic heterocycles. The number of aliphatic hydroxyl groups is 1. The number of benzene rings is 1. The van der Waals surface area contributed by atoms with Crippen molar-refractivity contribution in [3.05, 3.63) is 28.8 Å². The number of halogens is 1. The van der Waals surface area contributed by atoms with Gasteiger partial charge in [0.2, 0.25) is 0 Å². The van der Waals surface area contributed by atoms with Crippen LogP contribution in [0, 0.1) is 0 Å². The van der Waals surface area contributed by atoms with E-state index in [-0.39, 0.29) is 0 Å². The molecule has 0 fully saturated rings. The van der Waals surface area contributed by atoms with Gasteiger partial charge in [0.15, 0.2) is 0 Å². The van der Waals surface area contributed by atoms with E-state index >= 15 is 0 Å². The molecule has 1 atom stereocenters. The van der Waals surface area contributed by atoms with Crippen molar-refractivity contribution in [1.29, 1.82) is 0 Å². The summed E-state index contributed by atoms with van der Waals surface area (Å²) < 4.78 is 5.01. The highest BCUT2D eigenvalue weighted by molar-refractivity contribution is 6.33. The Labute approximate surface area is 102 Å². The van der Waals surface area contributed by atoms with Crippen molar-refractivity contribution in [2.75, 3.05) is 32.2 Å². The third kappa shape index (κ3) is 3.37. The Hall–Kier alpha value is -0.770. The van der Waals surface area contributed by atoms with Crippen LogP contribution in [0.5, 0.6) is 0 Å². The van der Waals surface area contributed by atoms with Gasteiger partial charge in [-0.05, 0) is 24.6 Å². The van der Waals surface area contributed by atoms with E-state index in [2.05, 4.69) is 0 Å². The van der Waals surface area contributed by atoms with Crippen LogP contribution in [0.4, 0.5) is 5.69 Å². The van der Waals surface area contributed by atoms with Gasteiger partial charge in [-0.3, -0.25) is 0 Å². The smallest absolute Gasteiger partial charge is 0.0762 e. The van der Waals surface area contributed by atoms with E-state index in [0.717, 1.165) is 17.8 Å². The van der Waals surface area contributed by atoms with Crippen molar-refractivity contribution < 1.29 is 9.84 Å². The Bertz CT molecular complexity index is 342. The van der Waals surface area contributed by atoms with Crippen LogP contribution in [-0.4, -0.2) is 32.4 Å². The Kier molecular flexibility index (Phi) is 5.06. The Balaban J connectivity index is 2.81. The first kappa shape index (κ1) is 13.3. The summed E-state index contributed by atoms with van der Waals surface area (Å²) in [5, 5.41) is 10.1. The molecule has 16 heavy (non-hydrogen) atoms. The quantitative estimate of drug-likeness (QED) is 0.863. The summed E-state index contributed by atoms with van der Waals surface area (Å²) in [5.74, 6) is 0. The van der Waals surface area contributed by atoms with Crippen molar-refractivity contribution >= 4 is 17.3 Å². The van der Waals surface area contributed by atoms with Crippen LogP contribution in [0.3, 0.4) is 0 Å². The molecule has 0 aliphatic carbocycles. The van der Waals surface area contributed by atoms with E-state index in [4.69, 9.17) is 16.3 Å². The van der Waals surface area contributed by atoms with Crippen molar-refractivity contribution in [1.82, 2.24) is 0 Å². The second kappa shape index (κ2) is 6.09. The first-order valence-electron chi connectivity index (χ1n) is 5.24. The number of ether oxygens (including phenoxy) is 1. The lowest BCUT2D eigenvalue weighted by Crippen LogP contribution is -2.22. The zero-order valence-electron chi connectivity index (χ0n) is 9.90. The summed E-state index contributed by atoms with van der Waals surface area (Å²) in [6.45, 7) is 3.16.